The molecule has 0 aliphatic rings. The molecule has 3 N–H and O–H groups in total. The molecule has 1 aromatic heterocycles. The third-order valence-corrected chi connectivity index (χ3v) is 6.62. The van der Waals surface area contributed by atoms with Gasteiger partial charge < -0.3 is 15.3 Å². The fraction of sp³-hybridized carbons (Fsp3) is 0.100. The van der Waals surface area contributed by atoms with E-state index in [2.05, 4.69) is 24.1 Å². The van der Waals surface area contributed by atoms with Crippen LogP contribution in [0.4, 0.5) is 11.4 Å². The molecule has 0 amide bonds. The van der Waals surface area contributed by atoms with Crippen LogP contribution in [0, 0.1) is 0 Å². The molecular formula is C30H24ClN3O4. The van der Waals surface area contributed by atoms with E-state index in [4.69, 9.17) is 11.6 Å². The number of aromatic nitrogens is 1. The first-order valence-corrected chi connectivity index (χ1v) is 12.3. The van der Waals surface area contributed by atoms with Crippen molar-refractivity contribution in [2.45, 2.75) is 19.8 Å². The SMILES string of the molecule is CC(C)c1ccc(-n2c(O)c(N=Nc3cccc(-c4cccc(C(=O)O)c4)c3O)c3cc(Cl)ccc32)cc1. The van der Waals surface area contributed by atoms with Crippen molar-refractivity contribution >= 4 is 39.8 Å². The van der Waals surface area contributed by atoms with Crippen molar-refractivity contribution in [2.75, 3.05) is 0 Å². The Kier molecular flexibility index (Phi) is 6.61. The molecule has 38 heavy (non-hydrogen) atoms. The average molecular weight is 526 g/mol. The first-order valence-electron chi connectivity index (χ1n) is 12.0. The number of benzene rings is 4. The maximum atomic E-state index is 11.4. The van der Waals surface area contributed by atoms with Crippen molar-refractivity contribution in [1.29, 1.82) is 0 Å². The zero-order valence-electron chi connectivity index (χ0n) is 20.6. The van der Waals surface area contributed by atoms with Crippen LogP contribution in [0.1, 0.15) is 35.7 Å². The fourth-order valence-corrected chi connectivity index (χ4v) is 4.54. The second-order valence-corrected chi connectivity index (χ2v) is 9.61. The number of fused-ring (bicyclic) bond motifs is 1. The lowest BCUT2D eigenvalue weighted by atomic mass is 10.0. The molecule has 0 fully saturated rings. The minimum atomic E-state index is -1.06. The van der Waals surface area contributed by atoms with Crippen LogP contribution in [0.5, 0.6) is 11.6 Å². The van der Waals surface area contributed by atoms with Gasteiger partial charge in [0.05, 0.1) is 11.1 Å². The number of rotatable bonds is 6. The van der Waals surface area contributed by atoms with Crippen molar-refractivity contribution in [3.8, 4) is 28.4 Å². The average Bonchev–Trinajstić information content (AvgIpc) is 3.18. The third kappa shape index (κ3) is 4.60. The number of phenols is 1. The monoisotopic (exact) mass is 525 g/mol. The zero-order valence-corrected chi connectivity index (χ0v) is 21.4. The first kappa shape index (κ1) is 25.0. The van der Waals surface area contributed by atoms with Crippen LogP contribution in [-0.4, -0.2) is 25.9 Å². The fourth-order valence-electron chi connectivity index (χ4n) is 4.37. The lowest BCUT2D eigenvalue weighted by Gasteiger charge is -2.10. The predicted molar refractivity (Wildman–Crippen MR) is 149 cm³/mol. The molecular weight excluding hydrogens is 502 g/mol. The number of aromatic carboxylic acids is 1. The number of aromatic hydroxyl groups is 2. The number of para-hydroxylation sites is 1. The van der Waals surface area contributed by atoms with Gasteiger partial charge in [-0.3, -0.25) is 4.57 Å². The molecule has 0 aliphatic heterocycles. The molecule has 0 saturated heterocycles. The summed E-state index contributed by atoms with van der Waals surface area (Å²) in [5, 5.41) is 41.1. The standard InChI is InChI=1S/C30H24ClN3O4/c1-17(2)18-9-12-22(13-10-18)34-26-14-11-21(31)16-24(26)27(29(34)36)33-32-25-8-4-7-23(28(25)35)19-5-3-6-20(15-19)30(37)38/h3-17,35-36H,1-2H3,(H,37,38). The molecule has 0 unspecified atom stereocenters. The van der Waals surface area contributed by atoms with Crippen molar-refractivity contribution < 1.29 is 20.1 Å². The summed E-state index contributed by atoms with van der Waals surface area (Å²) in [6, 6.07) is 24.4. The Labute approximate surface area is 223 Å². The highest BCUT2D eigenvalue weighted by atomic mass is 35.5. The number of hydrogen-bond donors (Lipinski definition) is 3. The van der Waals surface area contributed by atoms with Crippen LogP contribution in [0.2, 0.25) is 5.02 Å². The summed E-state index contributed by atoms with van der Waals surface area (Å²) in [5.74, 6) is -0.971. The van der Waals surface area contributed by atoms with Gasteiger partial charge in [0.25, 0.3) is 0 Å². The van der Waals surface area contributed by atoms with Gasteiger partial charge in [0.2, 0.25) is 5.88 Å². The number of halogens is 1. The highest BCUT2D eigenvalue weighted by Gasteiger charge is 2.19. The normalized spacial score (nSPS) is 11.6. The van der Waals surface area contributed by atoms with Gasteiger partial charge >= 0.3 is 5.97 Å². The Morgan fingerprint density at radius 3 is 2.34 bits per heavy atom. The highest BCUT2D eigenvalue weighted by Crippen LogP contribution is 2.44. The Balaban J connectivity index is 1.60. The first-order chi connectivity index (χ1) is 18.2. The van der Waals surface area contributed by atoms with Crippen molar-refractivity contribution in [3.63, 3.8) is 0 Å². The third-order valence-electron chi connectivity index (χ3n) is 6.39. The minimum absolute atomic E-state index is 0.102. The summed E-state index contributed by atoms with van der Waals surface area (Å²) in [7, 11) is 0. The van der Waals surface area contributed by atoms with E-state index in [1.165, 1.54) is 17.7 Å². The van der Waals surface area contributed by atoms with E-state index in [9.17, 15) is 20.1 Å². The number of carboxylic acid groups (broad SMARTS) is 1. The number of hydrogen-bond acceptors (Lipinski definition) is 5. The zero-order chi connectivity index (χ0) is 27.0. The topological polar surface area (TPSA) is 107 Å². The van der Waals surface area contributed by atoms with Gasteiger partial charge in [0.1, 0.15) is 5.69 Å². The van der Waals surface area contributed by atoms with Crippen molar-refractivity contribution in [3.05, 3.63) is 101 Å². The van der Waals surface area contributed by atoms with E-state index >= 15 is 0 Å². The predicted octanol–water partition coefficient (Wildman–Crippen LogP) is 8.60. The number of carboxylic acids is 1. The Morgan fingerprint density at radius 2 is 1.63 bits per heavy atom. The van der Waals surface area contributed by atoms with E-state index in [-0.39, 0.29) is 28.6 Å². The van der Waals surface area contributed by atoms with Crippen LogP contribution in [0.15, 0.2) is 95.2 Å². The summed E-state index contributed by atoms with van der Waals surface area (Å²) in [6.07, 6.45) is 0. The molecule has 0 bridgehead atoms. The smallest absolute Gasteiger partial charge is 0.335 e. The van der Waals surface area contributed by atoms with Crippen LogP contribution < -0.4 is 0 Å². The summed E-state index contributed by atoms with van der Waals surface area (Å²) < 4.78 is 1.68. The minimum Gasteiger partial charge on any atom is -0.505 e. The Hall–Kier alpha value is -4.62. The van der Waals surface area contributed by atoms with Gasteiger partial charge in [0, 0.05) is 21.7 Å². The molecule has 8 heteroatoms. The molecule has 0 radical (unpaired) electrons. The van der Waals surface area contributed by atoms with Gasteiger partial charge in [-0.1, -0.05) is 61.8 Å². The van der Waals surface area contributed by atoms with Crippen LogP contribution in [-0.2, 0) is 0 Å². The van der Waals surface area contributed by atoms with Crippen LogP contribution in [0.25, 0.3) is 27.7 Å². The lowest BCUT2D eigenvalue weighted by molar-refractivity contribution is 0.0697. The number of carbonyl (C=O) groups is 1. The molecule has 0 aliphatic carbocycles. The quantitative estimate of drug-likeness (QED) is 0.193. The molecule has 5 aromatic rings. The molecule has 190 valence electrons. The second kappa shape index (κ2) is 10.0. The van der Waals surface area contributed by atoms with Gasteiger partial charge in [0.15, 0.2) is 11.4 Å². The second-order valence-electron chi connectivity index (χ2n) is 9.17. The van der Waals surface area contributed by atoms with E-state index in [0.717, 1.165) is 5.69 Å². The molecule has 0 saturated carbocycles. The van der Waals surface area contributed by atoms with Gasteiger partial charge in [-0.15, -0.1) is 10.2 Å². The van der Waals surface area contributed by atoms with Crippen LogP contribution >= 0.6 is 11.6 Å². The number of azo groups is 1. The maximum Gasteiger partial charge on any atom is 0.335 e. The molecule has 1 heterocycles. The molecule has 0 spiro atoms. The van der Waals surface area contributed by atoms with E-state index in [0.29, 0.717) is 33.0 Å². The summed E-state index contributed by atoms with van der Waals surface area (Å²) in [6.45, 7) is 4.23. The summed E-state index contributed by atoms with van der Waals surface area (Å²) >= 11 is 6.27. The Morgan fingerprint density at radius 1 is 0.895 bits per heavy atom. The highest BCUT2D eigenvalue weighted by molar-refractivity contribution is 6.31. The van der Waals surface area contributed by atoms with Gasteiger partial charge in [-0.25, -0.2) is 4.79 Å². The summed E-state index contributed by atoms with van der Waals surface area (Å²) in [5.41, 5.74) is 4.02. The van der Waals surface area contributed by atoms with Gasteiger partial charge in [-0.2, -0.15) is 0 Å². The summed E-state index contributed by atoms with van der Waals surface area (Å²) in [4.78, 5) is 11.4. The maximum absolute atomic E-state index is 11.4. The van der Waals surface area contributed by atoms with E-state index in [1.807, 2.05) is 24.3 Å². The van der Waals surface area contributed by atoms with Crippen LogP contribution in [0.3, 0.4) is 0 Å². The van der Waals surface area contributed by atoms with E-state index < -0.39 is 5.97 Å². The number of nitrogens with zero attached hydrogens (tertiary/aromatic N) is 3. The van der Waals surface area contributed by atoms with Crippen molar-refractivity contribution in [1.82, 2.24) is 4.57 Å². The lowest BCUT2D eigenvalue weighted by Crippen LogP contribution is -1.95. The molecule has 0 atom stereocenters. The van der Waals surface area contributed by atoms with Gasteiger partial charge in [-0.05, 0) is 65.6 Å². The molecule has 4 aromatic carbocycles. The number of phenolic OH excluding ortho intramolecular Hbond substituents is 1. The molecule has 5 rings (SSSR count). The van der Waals surface area contributed by atoms with Crippen molar-refractivity contribution in [2.24, 2.45) is 10.2 Å². The largest absolute Gasteiger partial charge is 0.505 e. The Bertz CT molecular complexity index is 1710. The molecule has 7 nitrogen and oxygen atoms in total. The van der Waals surface area contributed by atoms with E-state index in [1.54, 1.807) is 53.1 Å².